The lowest BCUT2D eigenvalue weighted by Gasteiger charge is -2.39. The average Bonchev–Trinajstić information content (AvgIpc) is 2.40. The van der Waals surface area contributed by atoms with Crippen LogP contribution in [-0.4, -0.2) is 56.9 Å². The van der Waals surface area contributed by atoms with E-state index in [0.717, 1.165) is 4.90 Å². The second kappa shape index (κ2) is 6.01. The molecule has 1 aliphatic rings. The first-order chi connectivity index (χ1) is 8.63. The van der Waals surface area contributed by atoms with E-state index in [1.54, 1.807) is 0 Å². The van der Waals surface area contributed by atoms with Crippen LogP contribution in [0.15, 0.2) is 35.2 Å². The summed E-state index contributed by atoms with van der Waals surface area (Å²) >= 11 is 1.24. The van der Waals surface area contributed by atoms with E-state index in [1.807, 2.05) is 30.3 Å². The van der Waals surface area contributed by atoms with Gasteiger partial charge < -0.3 is 25.2 Å². The minimum Gasteiger partial charge on any atom is -0.394 e. The van der Waals surface area contributed by atoms with Crippen molar-refractivity contribution in [2.75, 3.05) is 6.61 Å². The van der Waals surface area contributed by atoms with Crippen LogP contribution in [0.25, 0.3) is 0 Å². The fourth-order valence-corrected chi connectivity index (χ4v) is 2.88. The molecule has 0 aromatic heterocycles. The van der Waals surface area contributed by atoms with Gasteiger partial charge in [-0.2, -0.15) is 0 Å². The average molecular weight is 272 g/mol. The molecule has 1 saturated heterocycles. The molecule has 5 nitrogen and oxygen atoms in total. The van der Waals surface area contributed by atoms with Crippen molar-refractivity contribution in [3.8, 4) is 0 Å². The summed E-state index contributed by atoms with van der Waals surface area (Å²) in [5, 5.41) is 38.2. The smallest absolute Gasteiger partial charge is 0.136 e. The van der Waals surface area contributed by atoms with Gasteiger partial charge in [-0.1, -0.05) is 30.0 Å². The Morgan fingerprint density at radius 2 is 1.67 bits per heavy atom. The van der Waals surface area contributed by atoms with Gasteiger partial charge in [-0.25, -0.2) is 0 Å². The Morgan fingerprint density at radius 3 is 2.28 bits per heavy atom. The first kappa shape index (κ1) is 13.8. The molecule has 0 spiro atoms. The van der Waals surface area contributed by atoms with Crippen LogP contribution in [0.5, 0.6) is 0 Å². The van der Waals surface area contributed by atoms with Gasteiger partial charge in [0.25, 0.3) is 0 Å². The number of thioether (sulfide) groups is 1. The Hall–Kier alpha value is -0.630. The van der Waals surface area contributed by atoms with E-state index in [1.165, 1.54) is 11.8 Å². The summed E-state index contributed by atoms with van der Waals surface area (Å²) in [5.41, 5.74) is -0.719. The van der Waals surface area contributed by atoms with Gasteiger partial charge >= 0.3 is 0 Å². The molecule has 0 unspecified atom stereocenters. The standard InChI is InChI=1S/C12H16O5S/c13-6-8-9(14)10(15)11(16)12(17-8)18-7-4-2-1-3-5-7/h1-5,8-16H,6H2/t8-,9-,10+,11+,12-/m1/s1. The summed E-state index contributed by atoms with van der Waals surface area (Å²) < 4.78 is 5.39. The van der Waals surface area contributed by atoms with E-state index in [4.69, 9.17) is 9.84 Å². The van der Waals surface area contributed by atoms with E-state index in [0.29, 0.717) is 0 Å². The number of ether oxygens (including phenoxy) is 1. The van der Waals surface area contributed by atoms with Crippen molar-refractivity contribution in [1.82, 2.24) is 0 Å². The molecule has 1 heterocycles. The fourth-order valence-electron chi connectivity index (χ4n) is 1.80. The lowest BCUT2D eigenvalue weighted by atomic mass is 10.0. The number of benzene rings is 1. The van der Waals surface area contributed by atoms with Crippen LogP contribution in [0, 0.1) is 0 Å². The van der Waals surface area contributed by atoms with Gasteiger partial charge in [0.1, 0.15) is 29.9 Å². The lowest BCUT2D eigenvalue weighted by Crippen LogP contribution is -2.57. The molecular weight excluding hydrogens is 256 g/mol. The molecule has 2 rings (SSSR count). The summed E-state index contributed by atoms with van der Waals surface area (Å²) in [4.78, 5) is 0.877. The van der Waals surface area contributed by atoms with Gasteiger partial charge in [0.15, 0.2) is 0 Å². The highest BCUT2D eigenvalue weighted by Gasteiger charge is 2.43. The third-order valence-corrected chi connectivity index (χ3v) is 4.01. The third-order valence-electron chi connectivity index (χ3n) is 2.84. The molecule has 1 aromatic carbocycles. The molecule has 0 saturated carbocycles. The van der Waals surface area contributed by atoms with E-state index >= 15 is 0 Å². The van der Waals surface area contributed by atoms with E-state index < -0.39 is 36.5 Å². The zero-order chi connectivity index (χ0) is 13.1. The predicted molar refractivity (Wildman–Crippen MR) is 66.1 cm³/mol. The third kappa shape index (κ3) is 2.85. The summed E-state index contributed by atoms with van der Waals surface area (Å²) in [6, 6.07) is 9.29. The topological polar surface area (TPSA) is 90.2 Å². The molecule has 1 fully saturated rings. The van der Waals surface area contributed by atoms with Crippen LogP contribution in [0.2, 0.25) is 0 Å². The van der Waals surface area contributed by atoms with Gasteiger partial charge in [0.05, 0.1) is 6.61 Å². The van der Waals surface area contributed by atoms with Gasteiger partial charge in [-0.05, 0) is 12.1 Å². The maximum Gasteiger partial charge on any atom is 0.136 e. The maximum absolute atomic E-state index is 9.85. The second-order valence-electron chi connectivity index (χ2n) is 4.13. The van der Waals surface area contributed by atoms with Crippen LogP contribution < -0.4 is 0 Å². The quantitative estimate of drug-likeness (QED) is 0.597. The van der Waals surface area contributed by atoms with Crippen molar-refractivity contribution in [2.24, 2.45) is 0 Å². The molecule has 100 valence electrons. The molecule has 1 aromatic rings. The van der Waals surface area contributed by atoms with Gasteiger partial charge in [-0.3, -0.25) is 0 Å². The van der Waals surface area contributed by atoms with Crippen molar-refractivity contribution in [2.45, 2.75) is 34.7 Å². The summed E-state index contributed by atoms with van der Waals surface area (Å²) in [6.07, 6.45) is -4.69. The maximum atomic E-state index is 9.85. The first-order valence-corrected chi connectivity index (χ1v) is 6.53. The first-order valence-electron chi connectivity index (χ1n) is 5.65. The van der Waals surface area contributed by atoms with Crippen LogP contribution in [-0.2, 0) is 4.74 Å². The van der Waals surface area contributed by atoms with Crippen LogP contribution in [0.3, 0.4) is 0 Å². The Bertz CT molecular complexity index is 372. The highest BCUT2D eigenvalue weighted by Crippen LogP contribution is 2.32. The molecular formula is C12H16O5S. The van der Waals surface area contributed by atoms with E-state index in [2.05, 4.69) is 0 Å². The zero-order valence-electron chi connectivity index (χ0n) is 9.59. The Morgan fingerprint density at radius 1 is 1.00 bits per heavy atom. The van der Waals surface area contributed by atoms with Crippen molar-refractivity contribution in [1.29, 1.82) is 0 Å². The van der Waals surface area contributed by atoms with Crippen molar-refractivity contribution in [3.63, 3.8) is 0 Å². The number of hydrogen-bond donors (Lipinski definition) is 4. The molecule has 1 aliphatic heterocycles. The van der Waals surface area contributed by atoms with Gasteiger partial charge in [-0.15, -0.1) is 0 Å². The highest BCUT2D eigenvalue weighted by atomic mass is 32.2. The molecule has 0 radical (unpaired) electrons. The fraction of sp³-hybridized carbons (Fsp3) is 0.500. The molecule has 5 atom stereocenters. The van der Waals surface area contributed by atoms with Gasteiger partial charge in [0.2, 0.25) is 0 Å². The van der Waals surface area contributed by atoms with Crippen molar-refractivity contribution >= 4 is 11.8 Å². The highest BCUT2D eigenvalue weighted by molar-refractivity contribution is 7.99. The molecule has 4 N–H and O–H groups in total. The number of aliphatic hydroxyl groups excluding tert-OH is 4. The SMILES string of the molecule is OC[C@H]1O[C@H](Sc2ccccc2)[C@@H](O)[C@@H](O)[C@@H]1O. The summed E-state index contributed by atoms with van der Waals surface area (Å²) in [5.74, 6) is 0. The Labute approximate surface area is 109 Å². The molecule has 0 amide bonds. The molecule has 0 bridgehead atoms. The number of hydrogen-bond acceptors (Lipinski definition) is 6. The number of rotatable bonds is 3. The molecule has 18 heavy (non-hydrogen) atoms. The molecule has 6 heteroatoms. The lowest BCUT2D eigenvalue weighted by molar-refractivity contribution is -0.205. The monoisotopic (exact) mass is 272 g/mol. The van der Waals surface area contributed by atoms with E-state index in [9.17, 15) is 15.3 Å². The minimum atomic E-state index is -1.32. The summed E-state index contributed by atoms with van der Waals surface area (Å²) in [7, 11) is 0. The summed E-state index contributed by atoms with van der Waals surface area (Å²) in [6.45, 7) is -0.406. The van der Waals surface area contributed by atoms with Crippen LogP contribution >= 0.6 is 11.8 Å². The van der Waals surface area contributed by atoms with Crippen LogP contribution in [0.1, 0.15) is 0 Å². The van der Waals surface area contributed by atoms with Crippen LogP contribution in [0.4, 0.5) is 0 Å². The minimum absolute atomic E-state index is 0.406. The zero-order valence-corrected chi connectivity index (χ0v) is 10.4. The van der Waals surface area contributed by atoms with Crippen molar-refractivity contribution in [3.05, 3.63) is 30.3 Å². The molecule has 0 aliphatic carbocycles. The Balaban J connectivity index is 2.08. The van der Waals surface area contributed by atoms with Crippen molar-refractivity contribution < 1.29 is 25.2 Å². The Kier molecular flexibility index (Phi) is 4.60. The van der Waals surface area contributed by atoms with E-state index in [-0.39, 0.29) is 0 Å². The predicted octanol–water partition coefficient (Wildman–Crippen LogP) is -0.421. The largest absolute Gasteiger partial charge is 0.394 e. The normalized spacial score (nSPS) is 36.6. The number of aliphatic hydroxyl groups is 4. The second-order valence-corrected chi connectivity index (χ2v) is 5.30. The van der Waals surface area contributed by atoms with Gasteiger partial charge in [0, 0.05) is 4.90 Å².